The highest BCUT2D eigenvalue weighted by molar-refractivity contribution is 5.89. The first-order chi connectivity index (χ1) is 13.5. The number of ether oxygens (including phenoxy) is 1. The SMILES string of the molecule is CCCc1ccc(OCNC(=O)Nc2cc(C(F)(F)F)cc(C(F)(F)F)c2)cc1. The van der Waals surface area contributed by atoms with E-state index < -0.39 is 35.2 Å². The molecule has 10 heteroatoms. The van der Waals surface area contributed by atoms with Gasteiger partial charge in [0.1, 0.15) is 5.75 Å². The van der Waals surface area contributed by atoms with Crippen LogP contribution in [0.4, 0.5) is 36.8 Å². The maximum absolute atomic E-state index is 12.8. The van der Waals surface area contributed by atoms with Crippen LogP contribution in [0.2, 0.25) is 0 Å². The summed E-state index contributed by atoms with van der Waals surface area (Å²) in [4.78, 5) is 11.8. The van der Waals surface area contributed by atoms with Gasteiger partial charge >= 0.3 is 18.4 Å². The Kier molecular flexibility index (Phi) is 6.99. The molecule has 0 atom stereocenters. The van der Waals surface area contributed by atoms with E-state index in [0.717, 1.165) is 18.4 Å². The highest BCUT2D eigenvalue weighted by Gasteiger charge is 2.37. The minimum absolute atomic E-state index is 0.0194. The predicted octanol–water partition coefficient (Wildman–Crippen LogP) is 5.83. The van der Waals surface area contributed by atoms with E-state index in [9.17, 15) is 31.1 Å². The first-order valence-electron chi connectivity index (χ1n) is 8.55. The number of benzene rings is 2. The zero-order valence-corrected chi connectivity index (χ0v) is 15.2. The highest BCUT2D eigenvalue weighted by atomic mass is 19.4. The maximum atomic E-state index is 12.8. The summed E-state index contributed by atoms with van der Waals surface area (Å²) in [6, 6.07) is 6.87. The fraction of sp³-hybridized carbons (Fsp3) is 0.316. The Bertz CT molecular complexity index is 800. The van der Waals surface area contributed by atoms with Crippen LogP contribution in [0.25, 0.3) is 0 Å². The summed E-state index contributed by atoms with van der Waals surface area (Å²) < 4.78 is 82.2. The van der Waals surface area contributed by atoms with E-state index >= 15 is 0 Å². The summed E-state index contributed by atoms with van der Waals surface area (Å²) in [6.07, 6.45) is -8.12. The predicted molar refractivity (Wildman–Crippen MR) is 94.5 cm³/mol. The Morgan fingerprint density at radius 1 is 0.931 bits per heavy atom. The van der Waals surface area contributed by atoms with Crippen LogP contribution >= 0.6 is 0 Å². The van der Waals surface area contributed by atoms with Crippen molar-refractivity contribution in [2.75, 3.05) is 12.0 Å². The van der Waals surface area contributed by atoms with Gasteiger partial charge in [0, 0.05) is 5.69 Å². The summed E-state index contributed by atoms with van der Waals surface area (Å²) in [5.74, 6) is 0.448. The fourth-order valence-corrected chi connectivity index (χ4v) is 2.43. The van der Waals surface area contributed by atoms with Gasteiger partial charge in [-0.15, -0.1) is 0 Å². The molecule has 2 aromatic carbocycles. The summed E-state index contributed by atoms with van der Waals surface area (Å²) in [5.41, 5.74) is -2.58. The van der Waals surface area contributed by atoms with Crippen molar-refractivity contribution in [1.29, 1.82) is 0 Å². The number of urea groups is 1. The van der Waals surface area contributed by atoms with Crippen LogP contribution in [-0.4, -0.2) is 12.8 Å². The van der Waals surface area contributed by atoms with E-state index in [1.807, 2.05) is 24.4 Å². The van der Waals surface area contributed by atoms with Gasteiger partial charge in [-0.1, -0.05) is 25.5 Å². The molecule has 0 unspecified atom stereocenters. The molecule has 2 N–H and O–H groups in total. The van der Waals surface area contributed by atoms with E-state index in [-0.39, 0.29) is 12.8 Å². The Labute approximate surface area is 162 Å². The Hall–Kier alpha value is -2.91. The van der Waals surface area contributed by atoms with Gasteiger partial charge in [-0.3, -0.25) is 0 Å². The molecule has 0 aliphatic rings. The van der Waals surface area contributed by atoms with Crippen molar-refractivity contribution >= 4 is 11.7 Å². The van der Waals surface area contributed by atoms with E-state index in [2.05, 4.69) is 5.32 Å². The number of carbonyl (C=O) groups excluding carboxylic acids is 1. The molecule has 0 bridgehead atoms. The Balaban J connectivity index is 1.99. The third-order valence-corrected chi connectivity index (χ3v) is 3.78. The second kappa shape index (κ2) is 9.06. The van der Waals surface area contributed by atoms with Crippen molar-refractivity contribution in [3.8, 4) is 5.75 Å². The van der Waals surface area contributed by atoms with Gasteiger partial charge in [0.25, 0.3) is 0 Å². The average molecular weight is 420 g/mol. The van der Waals surface area contributed by atoms with Crippen LogP contribution < -0.4 is 15.4 Å². The summed E-state index contributed by atoms with van der Waals surface area (Å²) in [5, 5.41) is 4.15. The van der Waals surface area contributed by atoms with Gasteiger partial charge in [0.15, 0.2) is 6.73 Å². The van der Waals surface area contributed by atoms with Gasteiger partial charge in [-0.05, 0) is 42.3 Å². The molecule has 2 amide bonds. The summed E-state index contributed by atoms with van der Waals surface area (Å²) >= 11 is 0. The molecular formula is C19H18F6N2O2. The number of aryl methyl sites for hydroxylation is 1. The summed E-state index contributed by atoms with van der Waals surface area (Å²) in [7, 11) is 0. The molecule has 0 heterocycles. The van der Waals surface area contributed by atoms with Gasteiger partial charge in [0.2, 0.25) is 0 Å². The van der Waals surface area contributed by atoms with E-state index in [4.69, 9.17) is 4.74 Å². The smallest absolute Gasteiger partial charge is 0.416 e. The van der Waals surface area contributed by atoms with E-state index in [0.29, 0.717) is 17.9 Å². The number of carbonyl (C=O) groups is 1. The molecule has 158 valence electrons. The maximum Gasteiger partial charge on any atom is 0.416 e. The molecule has 0 aliphatic heterocycles. The quantitative estimate of drug-likeness (QED) is 0.456. The number of hydrogen-bond acceptors (Lipinski definition) is 2. The summed E-state index contributed by atoms with van der Waals surface area (Å²) in [6.45, 7) is 1.71. The molecule has 0 radical (unpaired) electrons. The van der Waals surface area contributed by atoms with Crippen molar-refractivity contribution in [1.82, 2.24) is 5.32 Å². The molecule has 29 heavy (non-hydrogen) atoms. The lowest BCUT2D eigenvalue weighted by Crippen LogP contribution is -2.32. The molecule has 0 saturated heterocycles. The van der Waals surface area contributed by atoms with Crippen LogP contribution in [0, 0.1) is 0 Å². The molecule has 0 spiro atoms. The van der Waals surface area contributed by atoms with E-state index in [1.54, 1.807) is 12.1 Å². The standard InChI is InChI=1S/C19H18F6N2O2/c1-2-3-12-4-6-16(7-5-12)29-11-26-17(28)27-15-9-13(18(20,21)22)8-14(10-15)19(23,24)25/h4-10H,2-3,11H2,1H3,(H2,26,27,28). The number of halogens is 6. The third kappa shape index (κ3) is 6.88. The number of amides is 2. The molecule has 0 saturated carbocycles. The van der Waals surface area contributed by atoms with Crippen LogP contribution in [0.5, 0.6) is 5.75 Å². The van der Waals surface area contributed by atoms with Crippen LogP contribution in [0.15, 0.2) is 42.5 Å². The molecule has 4 nitrogen and oxygen atoms in total. The largest absolute Gasteiger partial charge is 0.473 e. The zero-order chi connectivity index (χ0) is 21.7. The minimum atomic E-state index is -5.00. The Morgan fingerprint density at radius 2 is 1.48 bits per heavy atom. The molecule has 0 aromatic heterocycles. The van der Waals surface area contributed by atoms with Crippen LogP contribution in [0.3, 0.4) is 0 Å². The molecule has 0 fully saturated rings. The van der Waals surface area contributed by atoms with Crippen molar-refractivity contribution in [3.63, 3.8) is 0 Å². The number of anilines is 1. The van der Waals surface area contributed by atoms with Gasteiger partial charge in [-0.25, -0.2) is 4.79 Å². The lowest BCUT2D eigenvalue weighted by atomic mass is 10.1. The average Bonchev–Trinajstić information content (AvgIpc) is 2.61. The normalized spacial score (nSPS) is 11.8. The second-order valence-electron chi connectivity index (χ2n) is 6.11. The molecule has 2 aromatic rings. The molecule has 0 aliphatic carbocycles. The number of hydrogen-bond donors (Lipinski definition) is 2. The second-order valence-corrected chi connectivity index (χ2v) is 6.11. The van der Waals surface area contributed by atoms with Crippen molar-refractivity contribution in [2.45, 2.75) is 32.1 Å². The number of rotatable bonds is 6. The monoisotopic (exact) mass is 420 g/mol. The minimum Gasteiger partial charge on any atom is -0.473 e. The number of alkyl halides is 6. The molecule has 2 rings (SSSR count). The van der Waals surface area contributed by atoms with Crippen molar-refractivity contribution in [2.24, 2.45) is 0 Å². The lowest BCUT2D eigenvalue weighted by Gasteiger charge is -2.15. The Morgan fingerprint density at radius 3 is 1.97 bits per heavy atom. The van der Waals surface area contributed by atoms with Gasteiger partial charge in [0.05, 0.1) is 11.1 Å². The first-order valence-corrected chi connectivity index (χ1v) is 8.55. The van der Waals surface area contributed by atoms with Gasteiger partial charge < -0.3 is 15.4 Å². The van der Waals surface area contributed by atoms with Crippen LogP contribution in [0.1, 0.15) is 30.0 Å². The fourth-order valence-electron chi connectivity index (χ4n) is 2.43. The zero-order valence-electron chi connectivity index (χ0n) is 15.2. The number of nitrogens with one attached hydrogen (secondary N) is 2. The van der Waals surface area contributed by atoms with Crippen LogP contribution in [-0.2, 0) is 18.8 Å². The first kappa shape index (κ1) is 22.4. The van der Waals surface area contributed by atoms with Crippen molar-refractivity contribution < 1.29 is 35.9 Å². The molecular weight excluding hydrogens is 402 g/mol. The van der Waals surface area contributed by atoms with Gasteiger partial charge in [-0.2, -0.15) is 26.3 Å². The van der Waals surface area contributed by atoms with Crippen molar-refractivity contribution in [3.05, 3.63) is 59.2 Å². The van der Waals surface area contributed by atoms with E-state index in [1.165, 1.54) is 0 Å². The topological polar surface area (TPSA) is 50.4 Å². The third-order valence-electron chi connectivity index (χ3n) is 3.78. The lowest BCUT2D eigenvalue weighted by molar-refractivity contribution is -0.143. The highest BCUT2D eigenvalue weighted by Crippen LogP contribution is 2.37.